The number of carbonyl (C=O) groups excluding carboxylic acids is 1. The maximum absolute atomic E-state index is 12.4. The third-order valence-corrected chi connectivity index (χ3v) is 8.71. The Balaban J connectivity index is 1.48. The van der Waals surface area contributed by atoms with Crippen molar-refractivity contribution in [2.45, 2.75) is 160 Å². The van der Waals surface area contributed by atoms with Crippen LogP contribution < -0.4 is 11.2 Å². The molecule has 41 heavy (non-hydrogen) atoms. The highest BCUT2D eigenvalue weighted by molar-refractivity contribution is 14.1. The van der Waals surface area contributed by atoms with Gasteiger partial charge in [0, 0.05) is 12.6 Å². The molecule has 0 amide bonds. The smallest absolute Gasteiger partial charge is 0.330 e. The first-order valence-corrected chi connectivity index (χ1v) is 17.1. The first-order valence-electron chi connectivity index (χ1n) is 16.0. The fraction of sp³-hybridized carbons (Fsp3) is 0.839. The minimum atomic E-state index is -1.36. The Hall–Kier alpha value is -1.24. The van der Waals surface area contributed by atoms with Crippen LogP contribution in [0.4, 0.5) is 0 Å². The molecule has 1 saturated heterocycles. The van der Waals surface area contributed by atoms with Gasteiger partial charge in [0.05, 0.1) is 10.2 Å². The van der Waals surface area contributed by atoms with Crippen LogP contribution in [0.1, 0.15) is 142 Å². The van der Waals surface area contributed by atoms with Gasteiger partial charge in [-0.1, -0.05) is 122 Å². The molecule has 0 aromatic carbocycles. The number of aliphatic hydroxyl groups is 2. The zero-order valence-electron chi connectivity index (χ0n) is 25.0. The predicted octanol–water partition coefficient (Wildman–Crippen LogP) is 6.13. The van der Waals surface area contributed by atoms with Crippen LogP contribution in [0.2, 0.25) is 0 Å². The van der Waals surface area contributed by atoms with Gasteiger partial charge in [-0.2, -0.15) is 0 Å². The van der Waals surface area contributed by atoms with Gasteiger partial charge in [0.25, 0.3) is 5.56 Å². The molecule has 1 aliphatic heterocycles. The maximum Gasteiger partial charge on any atom is 0.330 e. The normalized spacial score (nSPS) is 20.5. The molecule has 0 radical (unpaired) electrons. The second kappa shape index (κ2) is 21.4. The molecule has 1 aromatic heterocycles. The number of aromatic amines is 1. The summed E-state index contributed by atoms with van der Waals surface area (Å²) in [5.41, 5.74) is -1.29. The number of halogens is 1. The van der Waals surface area contributed by atoms with E-state index in [1.807, 2.05) is 0 Å². The molecule has 1 aliphatic rings. The summed E-state index contributed by atoms with van der Waals surface area (Å²) in [5, 5.41) is 20.4. The standard InChI is InChI=1S/C31H53IN2O7/c1-2-3-4-5-6-7-8-9-10-11-12-13-14-15-16-17-18-19-20-21-26(36)41-28-25(23-35)40-30(27(28)37)34-22-24(32)29(38)33-31(34)39/h22,25,27-28,30,35,37H,2-21,23H2,1H3,(H,33,38,39)/t25-,27-,28-,30-/m1/s1. The van der Waals surface area contributed by atoms with Crippen LogP contribution >= 0.6 is 22.6 Å². The quantitative estimate of drug-likeness (QED) is 0.0715. The van der Waals surface area contributed by atoms with Crippen LogP contribution in [0.5, 0.6) is 0 Å². The molecule has 4 atom stereocenters. The van der Waals surface area contributed by atoms with Gasteiger partial charge >= 0.3 is 11.7 Å². The van der Waals surface area contributed by atoms with Crippen LogP contribution in [0.15, 0.2) is 15.8 Å². The molecule has 3 N–H and O–H groups in total. The Morgan fingerprint density at radius 3 is 1.80 bits per heavy atom. The van der Waals surface area contributed by atoms with E-state index in [2.05, 4.69) is 11.9 Å². The highest BCUT2D eigenvalue weighted by atomic mass is 127. The topological polar surface area (TPSA) is 131 Å². The number of rotatable bonds is 23. The lowest BCUT2D eigenvalue weighted by Crippen LogP contribution is -2.40. The molecule has 0 bridgehead atoms. The first-order chi connectivity index (χ1) is 19.9. The zero-order valence-corrected chi connectivity index (χ0v) is 27.2. The largest absolute Gasteiger partial charge is 0.457 e. The number of ether oxygens (including phenoxy) is 2. The summed E-state index contributed by atoms with van der Waals surface area (Å²) in [6.45, 7) is 1.78. The van der Waals surface area contributed by atoms with Gasteiger partial charge < -0.3 is 19.7 Å². The van der Waals surface area contributed by atoms with Crippen molar-refractivity contribution >= 4 is 28.6 Å². The molecule has 0 spiro atoms. The second-order valence-corrected chi connectivity index (χ2v) is 12.6. The number of aromatic nitrogens is 2. The SMILES string of the molecule is CCCCCCCCCCCCCCCCCCCCCC(=O)O[C@H]1[C@@H](O)[C@H](n2cc(I)c(=O)[nH]c2=O)O[C@@H]1CO. The van der Waals surface area contributed by atoms with Crippen molar-refractivity contribution < 1.29 is 24.5 Å². The Bertz CT molecular complexity index is 967. The monoisotopic (exact) mass is 692 g/mol. The molecule has 1 aromatic rings. The van der Waals surface area contributed by atoms with E-state index >= 15 is 0 Å². The summed E-state index contributed by atoms with van der Waals surface area (Å²) in [4.78, 5) is 38.4. The van der Waals surface area contributed by atoms with Crippen molar-refractivity contribution in [3.63, 3.8) is 0 Å². The average molecular weight is 693 g/mol. The van der Waals surface area contributed by atoms with E-state index in [0.29, 0.717) is 6.42 Å². The lowest BCUT2D eigenvalue weighted by atomic mass is 10.0. The predicted molar refractivity (Wildman–Crippen MR) is 169 cm³/mol. The summed E-state index contributed by atoms with van der Waals surface area (Å²) >= 11 is 1.77. The van der Waals surface area contributed by atoms with Crippen LogP contribution in [-0.4, -0.2) is 50.7 Å². The van der Waals surface area contributed by atoms with Crippen molar-refractivity contribution in [2.75, 3.05) is 6.61 Å². The van der Waals surface area contributed by atoms with Crippen LogP contribution in [-0.2, 0) is 14.3 Å². The van der Waals surface area contributed by atoms with Crippen LogP contribution in [0.25, 0.3) is 0 Å². The summed E-state index contributed by atoms with van der Waals surface area (Å²) in [7, 11) is 0. The van der Waals surface area contributed by atoms with Gasteiger partial charge in [0.2, 0.25) is 0 Å². The fourth-order valence-corrected chi connectivity index (χ4v) is 5.89. The minimum absolute atomic E-state index is 0.224. The third-order valence-electron chi connectivity index (χ3n) is 7.94. The Labute approximate surface area is 258 Å². The number of H-pyrrole nitrogens is 1. The molecule has 1 fully saturated rings. The molecular weight excluding hydrogens is 639 g/mol. The van der Waals surface area contributed by atoms with E-state index in [-0.39, 0.29) is 9.99 Å². The van der Waals surface area contributed by atoms with Gasteiger partial charge in [-0.15, -0.1) is 0 Å². The second-order valence-electron chi connectivity index (χ2n) is 11.5. The summed E-state index contributed by atoms with van der Waals surface area (Å²) in [6, 6.07) is 0. The fourth-order valence-electron chi connectivity index (χ4n) is 5.45. The Morgan fingerprint density at radius 2 is 1.34 bits per heavy atom. The molecule has 2 heterocycles. The highest BCUT2D eigenvalue weighted by Crippen LogP contribution is 2.31. The lowest BCUT2D eigenvalue weighted by molar-refractivity contribution is -0.156. The summed E-state index contributed by atoms with van der Waals surface area (Å²) < 4.78 is 12.3. The summed E-state index contributed by atoms with van der Waals surface area (Å²) in [5.74, 6) is -0.466. The number of nitrogens with one attached hydrogen (secondary N) is 1. The third kappa shape index (κ3) is 13.7. The number of esters is 1. The van der Waals surface area contributed by atoms with Gasteiger partial charge in [-0.05, 0) is 29.0 Å². The van der Waals surface area contributed by atoms with Crippen molar-refractivity contribution in [1.82, 2.24) is 9.55 Å². The van der Waals surface area contributed by atoms with Gasteiger partial charge in [0.1, 0.15) is 12.2 Å². The number of nitrogens with zero attached hydrogens (tertiary/aromatic N) is 1. The number of aliphatic hydroxyl groups excluding tert-OH is 2. The zero-order chi connectivity index (χ0) is 29.9. The molecular formula is C31H53IN2O7. The van der Waals surface area contributed by atoms with E-state index in [1.54, 1.807) is 22.6 Å². The maximum atomic E-state index is 12.4. The lowest BCUT2D eigenvalue weighted by Gasteiger charge is -2.20. The molecule has 2 rings (SSSR count). The van der Waals surface area contributed by atoms with E-state index in [9.17, 15) is 24.6 Å². The first kappa shape index (κ1) is 36.0. The highest BCUT2D eigenvalue weighted by Gasteiger charge is 2.47. The van der Waals surface area contributed by atoms with Crippen molar-refractivity contribution in [3.05, 3.63) is 30.6 Å². The van der Waals surface area contributed by atoms with Crippen molar-refractivity contribution in [2.24, 2.45) is 0 Å². The molecule has 0 aliphatic carbocycles. The average Bonchev–Trinajstić information content (AvgIpc) is 3.26. The molecule has 9 nitrogen and oxygen atoms in total. The molecule has 0 unspecified atom stereocenters. The van der Waals surface area contributed by atoms with Crippen molar-refractivity contribution in [3.8, 4) is 0 Å². The number of carbonyl (C=O) groups is 1. The van der Waals surface area contributed by atoms with Crippen LogP contribution in [0.3, 0.4) is 0 Å². The number of unbranched alkanes of at least 4 members (excludes halogenated alkanes) is 18. The van der Waals surface area contributed by atoms with Crippen LogP contribution in [0, 0.1) is 3.57 Å². The van der Waals surface area contributed by atoms with E-state index < -0.39 is 48.4 Å². The van der Waals surface area contributed by atoms with E-state index in [0.717, 1.165) is 17.4 Å². The van der Waals surface area contributed by atoms with Gasteiger partial charge in [-0.25, -0.2) is 4.79 Å². The van der Waals surface area contributed by atoms with Crippen molar-refractivity contribution in [1.29, 1.82) is 0 Å². The summed E-state index contributed by atoms with van der Waals surface area (Å²) in [6.07, 6.45) is 21.2. The Kier molecular flexibility index (Phi) is 18.8. The van der Waals surface area contributed by atoms with E-state index in [1.165, 1.54) is 109 Å². The minimum Gasteiger partial charge on any atom is -0.457 e. The van der Waals surface area contributed by atoms with Gasteiger partial charge in [0.15, 0.2) is 12.3 Å². The number of hydrogen-bond donors (Lipinski definition) is 3. The Morgan fingerprint density at radius 1 is 0.878 bits per heavy atom. The molecule has 0 saturated carbocycles. The van der Waals surface area contributed by atoms with Gasteiger partial charge in [-0.3, -0.25) is 19.1 Å². The molecule has 10 heteroatoms. The van der Waals surface area contributed by atoms with E-state index in [4.69, 9.17) is 9.47 Å². The number of hydrogen-bond acceptors (Lipinski definition) is 7. The molecule has 236 valence electrons.